The van der Waals surface area contributed by atoms with E-state index in [2.05, 4.69) is 231 Å². The number of hydrogen-bond acceptors (Lipinski definition) is 1. The molecular formula is C64H38S. The molecule has 0 nitrogen and oxygen atoms in total. The molecule has 0 N–H and O–H groups in total. The molecule has 0 saturated heterocycles. The van der Waals surface area contributed by atoms with Crippen LogP contribution in [0.4, 0.5) is 0 Å². The van der Waals surface area contributed by atoms with Gasteiger partial charge in [0.1, 0.15) is 0 Å². The molecule has 0 aliphatic rings. The third-order valence-corrected chi connectivity index (χ3v) is 15.3. The Kier molecular flexibility index (Phi) is 7.95. The Morgan fingerprint density at radius 2 is 0.600 bits per heavy atom. The molecule has 65 heavy (non-hydrogen) atoms. The first-order valence-corrected chi connectivity index (χ1v) is 23.3. The van der Waals surface area contributed by atoms with Crippen LogP contribution in [0.15, 0.2) is 231 Å². The van der Waals surface area contributed by atoms with Crippen LogP contribution in [0.3, 0.4) is 0 Å². The second-order valence-electron chi connectivity index (χ2n) is 17.4. The zero-order chi connectivity index (χ0) is 42.6. The lowest BCUT2D eigenvalue weighted by molar-refractivity contribution is 1.63. The summed E-state index contributed by atoms with van der Waals surface area (Å²) in [5.74, 6) is 0. The molecule has 14 aromatic rings. The Morgan fingerprint density at radius 1 is 0.200 bits per heavy atom. The number of thiophene rings is 1. The molecule has 0 bridgehead atoms. The molecule has 300 valence electrons. The van der Waals surface area contributed by atoms with Gasteiger partial charge in [-0.1, -0.05) is 218 Å². The average Bonchev–Trinajstić information content (AvgIpc) is 3.80. The monoisotopic (exact) mass is 838 g/mol. The standard InChI is InChI=1S/C64H38S/c1-2-17-39(18-3-1)43-35-36-56(45-22-5-4-21-44(43)45)60-54-30-13-11-28-52(54)59(53-29-12-14-31-55(53)60)42-20-16-19-40(37-42)41-33-34-49-47-24-7-10-27-51(47)62-61-50-26-9-6-23-46(50)48-25-8-15-32-57(48)63(61)65-64(62)58(49)38-41/h1-38H. The molecule has 1 heterocycles. The molecule has 0 amide bonds. The van der Waals surface area contributed by atoms with Gasteiger partial charge in [0.25, 0.3) is 0 Å². The van der Waals surface area contributed by atoms with Gasteiger partial charge in [-0.05, 0) is 121 Å². The number of rotatable bonds is 4. The van der Waals surface area contributed by atoms with E-state index in [-0.39, 0.29) is 0 Å². The van der Waals surface area contributed by atoms with Gasteiger partial charge in [0, 0.05) is 30.9 Å². The lowest BCUT2D eigenvalue weighted by atomic mass is 9.83. The summed E-state index contributed by atoms with van der Waals surface area (Å²) in [6.45, 7) is 0. The molecule has 13 aromatic carbocycles. The summed E-state index contributed by atoms with van der Waals surface area (Å²) in [5.41, 5.74) is 9.94. The topological polar surface area (TPSA) is 0 Å². The summed E-state index contributed by atoms with van der Waals surface area (Å²) in [6.07, 6.45) is 0. The van der Waals surface area contributed by atoms with Crippen molar-refractivity contribution in [2.75, 3.05) is 0 Å². The molecule has 0 aliphatic carbocycles. The zero-order valence-electron chi connectivity index (χ0n) is 35.3. The normalized spacial score (nSPS) is 12.0. The van der Waals surface area contributed by atoms with Crippen LogP contribution < -0.4 is 0 Å². The van der Waals surface area contributed by atoms with Crippen molar-refractivity contribution in [1.82, 2.24) is 0 Å². The SMILES string of the molecule is c1ccc(-c2ccc(-c3c4ccccc4c(-c4cccc(-c5ccc6c7ccccc7c7c(sc8c9ccccc9c9ccccc9c87)c6c5)c4)c4ccccc34)c3ccccc23)cc1. The molecule has 0 fully saturated rings. The number of fused-ring (bicyclic) bond motifs is 16. The van der Waals surface area contributed by atoms with Crippen LogP contribution in [0, 0.1) is 0 Å². The van der Waals surface area contributed by atoms with Crippen molar-refractivity contribution in [1.29, 1.82) is 0 Å². The van der Waals surface area contributed by atoms with Gasteiger partial charge >= 0.3 is 0 Å². The van der Waals surface area contributed by atoms with Gasteiger partial charge in [0.15, 0.2) is 0 Å². The maximum atomic E-state index is 2.46. The second-order valence-corrected chi connectivity index (χ2v) is 18.4. The van der Waals surface area contributed by atoms with E-state index in [1.807, 2.05) is 11.3 Å². The quantitative estimate of drug-likeness (QED) is 0.122. The van der Waals surface area contributed by atoms with Crippen molar-refractivity contribution in [3.05, 3.63) is 231 Å². The minimum Gasteiger partial charge on any atom is -0.134 e. The minimum absolute atomic E-state index is 1.21. The predicted molar refractivity (Wildman–Crippen MR) is 284 cm³/mol. The highest BCUT2D eigenvalue weighted by molar-refractivity contribution is 7.28. The first kappa shape index (κ1) is 36.4. The fourth-order valence-corrected chi connectivity index (χ4v) is 12.6. The van der Waals surface area contributed by atoms with Crippen molar-refractivity contribution in [3.63, 3.8) is 0 Å². The third-order valence-electron chi connectivity index (χ3n) is 14.0. The van der Waals surface area contributed by atoms with Gasteiger partial charge in [-0.2, -0.15) is 0 Å². The Hall–Kier alpha value is -8.10. The average molecular weight is 839 g/mol. The van der Waals surface area contributed by atoms with E-state index in [4.69, 9.17) is 0 Å². The van der Waals surface area contributed by atoms with Crippen molar-refractivity contribution in [3.8, 4) is 44.5 Å². The molecule has 0 unspecified atom stereocenters. The van der Waals surface area contributed by atoms with Gasteiger partial charge in [0.2, 0.25) is 0 Å². The summed E-state index contributed by atoms with van der Waals surface area (Å²) in [6, 6.07) is 85.8. The fraction of sp³-hybridized carbons (Fsp3) is 0. The van der Waals surface area contributed by atoms with Crippen LogP contribution in [0.2, 0.25) is 0 Å². The second kappa shape index (κ2) is 14.2. The Balaban J connectivity index is 0.995. The molecule has 0 aliphatic heterocycles. The maximum absolute atomic E-state index is 2.46. The van der Waals surface area contributed by atoms with E-state index in [0.717, 1.165) is 0 Å². The molecule has 0 saturated carbocycles. The number of hydrogen-bond donors (Lipinski definition) is 0. The highest BCUT2D eigenvalue weighted by Crippen LogP contribution is 2.51. The molecule has 0 atom stereocenters. The first-order valence-electron chi connectivity index (χ1n) is 22.5. The fourth-order valence-electron chi connectivity index (χ4n) is 11.2. The summed E-state index contributed by atoms with van der Waals surface area (Å²) < 4.78 is 2.71. The summed E-state index contributed by atoms with van der Waals surface area (Å²) >= 11 is 1.96. The van der Waals surface area contributed by atoms with Gasteiger partial charge in [0.05, 0.1) is 0 Å². The summed E-state index contributed by atoms with van der Waals surface area (Å²) in [4.78, 5) is 0. The van der Waals surface area contributed by atoms with Gasteiger partial charge < -0.3 is 0 Å². The minimum atomic E-state index is 1.21. The van der Waals surface area contributed by atoms with Crippen molar-refractivity contribution in [2.45, 2.75) is 0 Å². The van der Waals surface area contributed by atoms with Gasteiger partial charge in [-0.3, -0.25) is 0 Å². The van der Waals surface area contributed by atoms with Crippen LogP contribution in [0.5, 0.6) is 0 Å². The van der Waals surface area contributed by atoms with E-state index in [1.165, 1.54) is 140 Å². The van der Waals surface area contributed by atoms with Gasteiger partial charge in [-0.25, -0.2) is 0 Å². The highest BCUT2D eigenvalue weighted by atomic mass is 32.1. The third kappa shape index (κ3) is 5.37. The highest BCUT2D eigenvalue weighted by Gasteiger charge is 2.22. The van der Waals surface area contributed by atoms with Crippen molar-refractivity contribution < 1.29 is 0 Å². The van der Waals surface area contributed by atoms with Crippen molar-refractivity contribution in [2.24, 2.45) is 0 Å². The molecule has 0 radical (unpaired) electrons. The van der Waals surface area contributed by atoms with Crippen molar-refractivity contribution >= 4 is 107 Å². The molecular weight excluding hydrogens is 801 g/mol. The van der Waals surface area contributed by atoms with Crippen LogP contribution >= 0.6 is 11.3 Å². The van der Waals surface area contributed by atoms with Crippen LogP contribution in [-0.4, -0.2) is 0 Å². The molecule has 0 spiro atoms. The first-order chi connectivity index (χ1) is 32.3. The predicted octanol–water partition coefficient (Wildman–Crippen LogP) is 18.8. The van der Waals surface area contributed by atoms with E-state index in [0.29, 0.717) is 0 Å². The van der Waals surface area contributed by atoms with E-state index in [1.54, 1.807) is 0 Å². The van der Waals surface area contributed by atoms with E-state index < -0.39 is 0 Å². The summed E-state index contributed by atoms with van der Waals surface area (Å²) in [5, 5.41) is 20.8. The molecule has 1 heteroatoms. The Labute approximate surface area is 379 Å². The molecule has 1 aromatic heterocycles. The Morgan fingerprint density at radius 3 is 1.22 bits per heavy atom. The van der Waals surface area contributed by atoms with E-state index in [9.17, 15) is 0 Å². The van der Waals surface area contributed by atoms with Crippen LogP contribution in [0.1, 0.15) is 0 Å². The number of benzene rings is 13. The summed E-state index contributed by atoms with van der Waals surface area (Å²) in [7, 11) is 0. The van der Waals surface area contributed by atoms with Crippen LogP contribution in [0.25, 0.3) is 140 Å². The smallest absolute Gasteiger partial charge is 0.0440 e. The molecule has 14 rings (SSSR count). The zero-order valence-corrected chi connectivity index (χ0v) is 36.2. The van der Waals surface area contributed by atoms with Gasteiger partial charge in [-0.15, -0.1) is 11.3 Å². The van der Waals surface area contributed by atoms with E-state index >= 15 is 0 Å². The lowest BCUT2D eigenvalue weighted by Crippen LogP contribution is -1.92. The van der Waals surface area contributed by atoms with Crippen LogP contribution in [-0.2, 0) is 0 Å². The Bertz CT molecular complexity index is 4230. The lowest BCUT2D eigenvalue weighted by Gasteiger charge is -2.20. The maximum Gasteiger partial charge on any atom is 0.0440 e. The largest absolute Gasteiger partial charge is 0.134 e.